The van der Waals surface area contributed by atoms with E-state index in [1.54, 1.807) is 24.3 Å². The molecule has 0 heterocycles. The molecular formula is C14H14N2O5S. The lowest BCUT2D eigenvalue weighted by atomic mass is 10.2. The van der Waals surface area contributed by atoms with E-state index in [2.05, 4.69) is 0 Å². The zero-order valence-corrected chi connectivity index (χ0v) is 12.8. The molecule has 0 aliphatic heterocycles. The van der Waals surface area contributed by atoms with Gasteiger partial charge >= 0.3 is 0 Å². The first-order valence-electron chi connectivity index (χ1n) is 6.24. The highest BCUT2D eigenvalue weighted by Gasteiger charge is 2.21. The Balaban J connectivity index is 2.51. The molecule has 0 spiro atoms. The fourth-order valence-electron chi connectivity index (χ4n) is 1.75. The minimum atomic E-state index is -3.58. The third-order valence-electron chi connectivity index (χ3n) is 2.96. The second kappa shape index (κ2) is 6.02. The summed E-state index contributed by atoms with van der Waals surface area (Å²) in [6.07, 6.45) is 1.01. The average Bonchev–Trinajstić information content (AvgIpc) is 2.47. The molecule has 0 unspecified atom stereocenters. The Bertz CT molecular complexity index is 790. The maximum absolute atomic E-state index is 11.7. The number of non-ortho nitro benzene ring substituents is 1. The van der Waals surface area contributed by atoms with Crippen LogP contribution in [0.4, 0.5) is 11.4 Å². The van der Waals surface area contributed by atoms with Crippen molar-refractivity contribution in [3.63, 3.8) is 0 Å². The van der Waals surface area contributed by atoms with Crippen molar-refractivity contribution in [2.75, 3.05) is 17.6 Å². The normalized spacial score (nSPS) is 11.0. The van der Waals surface area contributed by atoms with Gasteiger partial charge in [0.25, 0.3) is 5.69 Å². The summed E-state index contributed by atoms with van der Waals surface area (Å²) in [5, 5.41) is 10.9. The van der Waals surface area contributed by atoms with E-state index in [-0.39, 0.29) is 17.1 Å². The van der Waals surface area contributed by atoms with Crippen molar-refractivity contribution < 1.29 is 18.1 Å². The van der Waals surface area contributed by atoms with E-state index < -0.39 is 14.9 Å². The summed E-state index contributed by atoms with van der Waals surface area (Å²) in [4.78, 5) is 10.3. The van der Waals surface area contributed by atoms with Gasteiger partial charge in [-0.05, 0) is 18.2 Å². The Morgan fingerprint density at radius 2 is 1.77 bits per heavy atom. The molecule has 0 amide bonds. The van der Waals surface area contributed by atoms with Gasteiger partial charge in [0.05, 0.1) is 11.2 Å². The van der Waals surface area contributed by atoms with Gasteiger partial charge in [-0.15, -0.1) is 0 Å². The molecule has 0 aromatic heterocycles. The van der Waals surface area contributed by atoms with Gasteiger partial charge in [0, 0.05) is 19.2 Å². The first kappa shape index (κ1) is 15.8. The highest BCUT2D eigenvalue weighted by molar-refractivity contribution is 7.92. The molecule has 8 heteroatoms. The SMILES string of the molecule is CN(c1cc([N+](=O)[O-])ccc1Oc1ccccc1)S(C)(=O)=O. The number of ether oxygens (including phenoxy) is 1. The fraction of sp³-hybridized carbons (Fsp3) is 0.143. The van der Waals surface area contributed by atoms with Crippen LogP contribution in [0.15, 0.2) is 48.5 Å². The van der Waals surface area contributed by atoms with Crippen molar-refractivity contribution >= 4 is 21.4 Å². The van der Waals surface area contributed by atoms with Gasteiger partial charge in [0.2, 0.25) is 10.0 Å². The van der Waals surface area contributed by atoms with Crippen molar-refractivity contribution in [3.8, 4) is 11.5 Å². The number of benzene rings is 2. The molecule has 0 radical (unpaired) electrons. The van der Waals surface area contributed by atoms with Gasteiger partial charge in [-0.1, -0.05) is 18.2 Å². The monoisotopic (exact) mass is 322 g/mol. The van der Waals surface area contributed by atoms with Gasteiger partial charge in [-0.2, -0.15) is 0 Å². The molecule has 2 aromatic rings. The van der Waals surface area contributed by atoms with Crippen molar-refractivity contribution in [3.05, 3.63) is 58.6 Å². The minimum Gasteiger partial charge on any atom is -0.455 e. The van der Waals surface area contributed by atoms with Crippen LogP contribution < -0.4 is 9.04 Å². The zero-order chi connectivity index (χ0) is 16.3. The first-order valence-corrected chi connectivity index (χ1v) is 8.09. The molecule has 0 bridgehead atoms. The number of anilines is 1. The summed E-state index contributed by atoms with van der Waals surface area (Å²) in [6.45, 7) is 0. The van der Waals surface area contributed by atoms with Crippen LogP contribution in [0.2, 0.25) is 0 Å². The van der Waals surface area contributed by atoms with Gasteiger partial charge in [-0.25, -0.2) is 8.42 Å². The summed E-state index contributed by atoms with van der Waals surface area (Å²) < 4.78 is 30.0. The Hall–Kier alpha value is -2.61. The number of nitro groups is 1. The molecule has 22 heavy (non-hydrogen) atoms. The lowest BCUT2D eigenvalue weighted by Crippen LogP contribution is -2.25. The molecule has 2 rings (SSSR count). The maximum atomic E-state index is 11.7. The summed E-state index contributed by atoms with van der Waals surface area (Å²) in [6, 6.07) is 12.5. The second-order valence-corrected chi connectivity index (χ2v) is 6.57. The third kappa shape index (κ3) is 3.53. The largest absolute Gasteiger partial charge is 0.455 e. The van der Waals surface area contributed by atoms with Crippen LogP contribution in [0.25, 0.3) is 0 Å². The van der Waals surface area contributed by atoms with E-state index in [9.17, 15) is 18.5 Å². The number of para-hydroxylation sites is 1. The van der Waals surface area contributed by atoms with Crippen molar-refractivity contribution in [2.45, 2.75) is 0 Å². The number of hydrogen-bond acceptors (Lipinski definition) is 5. The van der Waals surface area contributed by atoms with E-state index in [4.69, 9.17) is 4.74 Å². The topological polar surface area (TPSA) is 89.8 Å². The highest BCUT2D eigenvalue weighted by atomic mass is 32.2. The van der Waals surface area contributed by atoms with Crippen LogP contribution in [-0.4, -0.2) is 26.6 Å². The fourth-order valence-corrected chi connectivity index (χ4v) is 2.25. The van der Waals surface area contributed by atoms with Crippen LogP contribution in [-0.2, 0) is 10.0 Å². The molecule has 0 saturated carbocycles. The number of sulfonamides is 1. The number of hydrogen-bond donors (Lipinski definition) is 0. The van der Waals surface area contributed by atoms with Gasteiger partial charge in [-0.3, -0.25) is 14.4 Å². The van der Waals surface area contributed by atoms with Gasteiger partial charge < -0.3 is 4.74 Å². The molecule has 0 fully saturated rings. The van der Waals surface area contributed by atoms with E-state index >= 15 is 0 Å². The van der Waals surface area contributed by atoms with Crippen LogP contribution in [0, 0.1) is 10.1 Å². The molecule has 0 saturated heterocycles. The third-order valence-corrected chi connectivity index (χ3v) is 4.15. The lowest BCUT2D eigenvalue weighted by Gasteiger charge is -2.20. The molecule has 0 atom stereocenters. The smallest absolute Gasteiger partial charge is 0.271 e. The minimum absolute atomic E-state index is 0.0977. The van der Waals surface area contributed by atoms with Crippen molar-refractivity contribution in [1.29, 1.82) is 0 Å². The van der Waals surface area contributed by atoms with Crippen LogP contribution in [0.1, 0.15) is 0 Å². The summed E-state index contributed by atoms with van der Waals surface area (Å²) >= 11 is 0. The second-order valence-electron chi connectivity index (χ2n) is 4.55. The Labute approximate surface area is 128 Å². The van der Waals surface area contributed by atoms with E-state index in [1.807, 2.05) is 6.07 Å². The summed E-state index contributed by atoms with van der Waals surface area (Å²) in [5.74, 6) is 0.712. The van der Waals surface area contributed by atoms with E-state index in [0.717, 1.165) is 10.6 Å². The lowest BCUT2D eigenvalue weighted by molar-refractivity contribution is -0.384. The van der Waals surface area contributed by atoms with E-state index in [1.165, 1.54) is 25.2 Å². The van der Waals surface area contributed by atoms with E-state index in [0.29, 0.717) is 5.75 Å². The average molecular weight is 322 g/mol. The maximum Gasteiger partial charge on any atom is 0.271 e. The molecule has 2 aromatic carbocycles. The van der Waals surface area contributed by atoms with Gasteiger partial charge in [0.15, 0.2) is 5.75 Å². The van der Waals surface area contributed by atoms with Crippen molar-refractivity contribution in [2.24, 2.45) is 0 Å². The quantitative estimate of drug-likeness (QED) is 0.623. The standard InChI is InChI=1S/C14H14N2O5S/c1-15(22(2,19)20)13-10-11(16(17)18)8-9-14(13)21-12-6-4-3-5-7-12/h3-10H,1-2H3. The zero-order valence-electron chi connectivity index (χ0n) is 12.0. The predicted molar refractivity (Wildman–Crippen MR) is 82.9 cm³/mol. The Morgan fingerprint density at radius 3 is 2.32 bits per heavy atom. The first-order chi connectivity index (χ1) is 10.3. The number of rotatable bonds is 5. The van der Waals surface area contributed by atoms with Crippen LogP contribution >= 0.6 is 0 Å². The summed E-state index contributed by atoms with van der Waals surface area (Å²) in [5.41, 5.74) is -0.119. The highest BCUT2D eigenvalue weighted by Crippen LogP contribution is 2.35. The predicted octanol–water partition coefficient (Wildman–Crippen LogP) is 2.78. The Morgan fingerprint density at radius 1 is 1.14 bits per heavy atom. The molecule has 7 nitrogen and oxygen atoms in total. The van der Waals surface area contributed by atoms with Crippen LogP contribution in [0.5, 0.6) is 11.5 Å². The van der Waals surface area contributed by atoms with Gasteiger partial charge in [0.1, 0.15) is 11.4 Å². The van der Waals surface area contributed by atoms with Crippen molar-refractivity contribution in [1.82, 2.24) is 0 Å². The molecule has 0 aliphatic carbocycles. The summed E-state index contributed by atoms with van der Waals surface area (Å²) in [7, 11) is -2.27. The molecule has 0 N–H and O–H groups in total. The molecular weight excluding hydrogens is 308 g/mol. The molecule has 116 valence electrons. The Kier molecular flexibility index (Phi) is 4.32. The number of nitrogens with zero attached hydrogens (tertiary/aromatic N) is 2. The number of nitro benzene ring substituents is 1. The van der Waals surface area contributed by atoms with Crippen LogP contribution in [0.3, 0.4) is 0 Å². The molecule has 0 aliphatic rings.